The Hall–Kier alpha value is -1.97. The number of rotatable bonds is 5. The molecule has 1 N–H and O–H groups in total. The van der Waals surface area contributed by atoms with Crippen LogP contribution in [0.3, 0.4) is 0 Å². The van der Waals surface area contributed by atoms with Gasteiger partial charge in [-0.05, 0) is 22.9 Å². The third-order valence-electron chi connectivity index (χ3n) is 3.57. The summed E-state index contributed by atoms with van der Waals surface area (Å²) in [6, 6.07) is 8.10. The van der Waals surface area contributed by atoms with Gasteiger partial charge in [-0.25, -0.2) is 9.99 Å². The molecule has 0 aromatic carbocycles. The lowest BCUT2D eigenvalue weighted by Crippen LogP contribution is -2.28. The van der Waals surface area contributed by atoms with E-state index in [9.17, 15) is 4.79 Å². The van der Waals surface area contributed by atoms with Crippen molar-refractivity contribution in [3.8, 4) is 0 Å². The monoisotopic (exact) mass is 375 g/mol. The number of hydrazone groups is 1. The van der Waals surface area contributed by atoms with Crippen LogP contribution in [-0.2, 0) is 4.79 Å². The van der Waals surface area contributed by atoms with Gasteiger partial charge in [0.1, 0.15) is 6.33 Å². The number of aromatic amines is 1. The van der Waals surface area contributed by atoms with Crippen molar-refractivity contribution in [2.75, 3.05) is 5.75 Å². The highest BCUT2D eigenvalue weighted by molar-refractivity contribution is 7.99. The molecule has 1 aliphatic rings. The second-order valence-corrected chi connectivity index (χ2v) is 7.97. The number of carbonyl (C=O) groups excluding carboxylic acids is 1. The van der Waals surface area contributed by atoms with Crippen LogP contribution in [0.1, 0.15) is 22.2 Å². The minimum Gasteiger partial charge on any atom is -0.272 e. The number of nitrogens with one attached hydrogen (secondary N) is 1. The number of amides is 1. The van der Waals surface area contributed by atoms with E-state index >= 15 is 0 Å². The van der Waals surface area contributed by atoms with Crippen LogP contribution in [0.5, 0.6) is 0 Å². The summed E-state index contributed by atoms with van der Waals surface area (Å²) in [6.45, 7) is 0. The molecule has 4 heterocycles. The fraction of sp³-hybridized carbons (Fsp3) is 0.200. The first-order chi connectivity index (χ1) is 11.8. The van der Waals surface area contributed by atoms with Crippen molar-refractivity contribution < 1.29 is 4.79 Å². The van der Waals surface area contributed by atoms with Crippen molar-refractivity contribution in [1.29, 1.82) is 0 Å². The lowest BCUT2D eigenvalue weighted by atomic mass is 10.1. The van der Waals surface area contributed by atoms with Crippen molar-refractivity contribution >= 4 is 46.1 Å². The minimum atomic E-state index is -0.0265. The Morgan fingerprint density at radius 3 is 2.92 bits per heavy atom. The first kappa shape index (κ1) is 15.6. The Morgan fingerprint density at radius 1 is 1.33 bits per heavy atom. The van der Waals surface area contributed by atoms with Gasteiger partial charge in [0.25, 0.3) is 5.91 Å². The van der Waals surface area contributed by atoms with Crippen LogP contribution in [-0.4, -0.2) is 37.6 Å². The van der Waals surface area contributed by atoms with E-state index in [-0.39, 0.29) is 17.7 Å². The molecule has 122 valence electrons. The zero-order valence-electron chi connectivity index (χ0n) is 12.5. The summed E-state index contributed by atoms with van der Waals surface area (Å²) in [5.74, 6) is 0.250. The molecular weight excluding hydrogens is 362 g/mol. The summed E-state index contributed by atoms with van der Waals surface area (Å²) in [5.41, 5.74) is 0.974. The Labute approximate surface area is 150 Å². The maximum Gasteiger partial charge on any atom is 0.253 e. The Bertz CT molecular complexity index is 827. The van der Waals surface area contributed by atoms with Crippen molar-refractivity contribution in [2.45, 2.75) is 17.6 Å². The van der Waals surface area contributed by atoms with E-state index in [1.54, 1.807) is 27.7 Å². The molecule has 1 atom stereocenters. The van der Waals surface area contributed by atoms with Crippen LogP contribution in [0.2, 0.25) is 0 Å². The third-order valence-corrected chi connectivity index (χ3v) is 6.32. The molecule has 0 unspecified atom stereocenters. The van der Waals surface area contributed by atoms with E-state index in [0.29, 0.717) is 5.16 Å². The molecule has 4 rings (SSSR count). The molecule has 0 radical (unpaired) electrons. The van der Waals surface area contributed by atoms with E-state index in [4.69, 9.17) is 0 Å². The number of H-pyrrole nitrogens is 1. The zero-order valence-corrected chi connectivity index (χ0v) is 14.9. The van der Waals surface area contributed by atoms with E-state index in [1.165, 1.54) is 18.1 Å². The Balaban J connectivity index is 1.55. The van der Waals surface area contributed by atoms with Gasteiger partial charge in [0.2, 0.25) is 0 Å². The van der Waals surface area contributed by atoms with Crippen LogP contribution in [0.4, 0.5) is 0 Å². The van der Waals surface area contributed by atoms with Crippen LogP contribution in [0, 0.1) is 0 Å². The SMILES string of the molecule is O=C(CSc1ncn[nH]1)N1N=C(c2cccs2)C[C@H]1c1cccs1. The maximum atomic E-state index is 12.7. The molecule has 3 aromatic rings. The molecule has 3 aromatic heterocycles. The van der Waals surface area contributed by atoms with Gasteiger partial charge in [-0.3, -0.25) is 9.89 Å². The van der Waals surface area contributed by atoms with Gasteiger partial charge < -0.3 is 0 Å². The second-order valence-electron chi connectivity index (χ2n) is 5.08. The smallest absolute Gasteiger partial charge is 0.253 e. The average molecular weight is 376 g/mol. The van der Waals surface area contributed by atoms with Gasteiger partial charge in [-0.2, -0.15) is 10.2 Å². The van der Waals surface area contributed by atoms with E-state index in [0.717, 1.165) is 21.9 Å². The van der Waals surface area contributed by atoms with Crippen LogP contribution >= 0.6 is 34.4 Å². The minimum absolute atomic E-state index is 0.0232. The number of carbonyl (C=O) groups is 1. The molecule has 24 heavy (non-hydrogen) atoms. The van der Waals surface area contributed by atoms with Crippen LogP contribution in [0.15, 0.2) is 51.6 Å². The van der Waals surface area contributed by atoms with E-state index < -0.39 is 0 Å². The molecule has 0 aliphatic carbocycles. The van der Waals surface area contributed by atoms with Gasteiger partial charge in [0, 0.05) is 11.3 Å². The highest BCUT2D eigenvalue weighted by Gasteiger charge is 2.33. The first-order valence-electron chi connectivity index (χ1n) is 7.26. The van der Waals surface area contributed by atoms with Crippen molar-refractivity contribution in [3.05, 3.63) is 51.1 Å². The summed E-state index contributed by atoms with van der Waals surface area (Å²) < 4.78 is 0. The fourth-order valence-corrected chi connectivity index (χ4v) is 4.66. The number of nitrogens with zero attached hydrogens (tertiary/aromatic N) is 4. The molecule has 1 amide bonds. The maximum absolute atomic E-state index is 12.7. The van der Waals surface area contributed by atoms with Crippen molar-refractivity contribution in [2.24, 2.45) is 5.10 Å². The summed E-state index contributed by atoms with van der Waals surface area (Å²) in [5, 5.41) is 17.5. The standard InChI is InChI=1S/C15H13N5OS3/c21-14(8-24-15-16-9-17-18-15)20-11(13-4-2-6-23-13)7-10(19-20)12-3-1-5-22-12/h1-6,9,11H,7-8H2,(H,16,17,18)/t11-/m0/s1. The van der Waals surface area contributed by atoms with Gasteiger partial charge >= 0.3 is 0 Å². The van der Waals surface area contributed by atoms with Gasteiger partial charge in [0.05, 0.1) is 22.4 Å². The molecule has 9 heteroatoms. The molecule has 0 saturated carbocycles. The third kappa shape index (κ3) is 3.14. The fourth-order valence-electron chi connectivity index (χ4n) is 2.49. The van der Waals surface area contributed by atoms with E-state index in [1.807, 2.05) is 29.0 Å². The molecule has 1 aliphatic heterocycles. The predicted octanol–water partition coefficient (Wildman–Crippen LogP) is 3.40. The van der Waals surface area contributed by atoms with Gasteiger partial charge in [-0.15, -0.1) is 22.7 Å². The van der Waals surface area contributed by atoms with Crippen molar-refractivity contribution in [1.82, 2.24) is 20.2 Å². The van der Waals surface area contributed by atoms with Gasteiger partial charge in [0.15, 0.2) is 5.16 Å². The molecular formula is C15H13N5OS3. The van der Waals surface area contributed by atoms with E-state index in [2.05, 4.69) is 26.3 Å². The lowest BCUT2D eigenvalue weighted by Gasteiger charge is -2.20. The number of thioether (sulfide) groups is 1. The number of aromatic nitrogens is 3. The normalized spacial score (nSPS) is 17.2. The predicted molar refractivity (Wildman–Crippen MR) is 96.5 cm³/mol. The highest BCUT2D eigenvalue weighted by Crippen LogP contribution is 2.36. The number of thiophene rings is 2. The highest BCUT2D eigenvalue weighted by atomic mass is 32.2. The second kappa shape index (κ2) is 6.88. The molecule has 0 saturated heterocycles. The van der Waals surface area contributed by atoms with Crippen LogP contribution < -0.4 is 0 Å². The topological polar surface area (TPSA) is 74.2 Å². The number of hydrogen-bond donors (Lipinski definition) is 1. The largest absolute Gasteiger partial charge is 0.272 e. The number of hydrogen-bond acceptors (Lipinski definition) is 7. The Kier molecular flexibility index (Phi) is 4.46. The van der Waals surface area contributed by atoms with Gasteiger partial charge in [-0.1, -0.05) is 23.9 Å². The Morgan fingerprint density at radius 2 is 2.21 bits per heavy atom. The molecule has 6 nitrogen and oxygen atoms in total. The van der Waals surface area contributed by atoms with Crippen LogP contribution in [0.25, 0.3) is 0 Å². The summed E-state index contributed by atoms with van der Waals surface area (Å²) in [7, 11) is 0. The quantitative estimate of drug-likeness (QED) is 0.694. The first-order valence-corrected chi connectivity index (χ1v) is 10.0. The zero-order chi connectivity index (χ0) is 16.4. The average Bonchev–Trinajstić information content (AvgIpc) is 3.40. The molecule has 0 spiro atoms. The molecule has 0 fully saturated rings. The summed E-state index contributed by atoms with van der Waals surface area (Å²) in [6.07, 6.45) is 2.18. The lowest BCUT2D eigenvalue weighted by molar-refractivity contribution is -0.130. The summed E-state index contributed by atoms with van der Waals surface area (Å²) >= 11 is 4.64. The molecule has 0 bridgehead atoms. The van der Waals surface area contributed by atoms with Crippen molar-refractivity contribution in [3.63, 3.8) is 0 Å². The summed E-state index contributed by atoms with van der Waals surface area (Å²) in [4.78, 5) is 19.0.